The van der Waals surface area contributed by atoms with Crippen LogP contribution in [-0.4, -0.2) is 24.6 Å². The average Bonchev–Trinajstić information content (AvgIpc) is 3.07. The van der Waals surface area contributed by atoms with Crippen molar-refractivity contribution in [2.45, 2.75) is 5.51 Å². The zero-order valence-corrected chi connectivity index (χ0v) is 29.4. The maximum absolute atomic E-state index is 15.4. The topological polar surface area (TPSA) is 57.2 Å². The normalized spacial score (nSPS) is 11.6. The third kappa shape index (κ3) is 7.93. The SMILES string of the molecule is Fc1c(F)c(F)c([B-](c2c(F)c(F)c(F)c(F)c2F)(c2c(F)c(F)c(F)c(F)c2F)c2c(F)c(F)c(F)c(F)c2F)c(F)c1F.O=S(=O)([O-])C(F)(F)F.[Cl-].[Cl-].[Zr+4]. The van der Waals surface area contributed by atoms with Gasteiger partial charge in [0.05, 0.1) is 0 Å². The molecule has 0 N–H and O–H groups in total. The first-order chi connectivity index (χ1) is 24.0. The van der Waals surface area contributed by atoms with E-state index in [9.17, 15) is 65.9 Å². The molecule has 31 heteroatoms. The van der Waals surface area contributed by atoms with Crippen molar-refractivity contribution in [3.05, 3.63) is 116 Å². The van der Waals surface area contributed by atoms with Crippen LogP contribution in [0, 0.1) is 116 Å². The van der Waals surface area contributed by atoms with E-state index in [1.165, 1.54) is 0 Å². The minimum Gasteiger partial charge on any atom is -1.00 e. The minimum atomic E-state index is -7.22. The third-order valence-electron chi connectivity index (χ3n) is 6.99. The van der Waals surface area contributed by atoms with Gasteiger partial charge < -0.3 is 29.4 Å². The Bertz CT molecular complexity index is 1950. The summed E-state index contributed by atoms with van der Waals surface area (Å²) >= 11 is 0. The summed E-state index contributed by atoms with van der Waals surface area (Å²) in [4.78, 5) is 0. The van der Waals surface area contributed by atoms with Gasteiger partial charge in [0, 0.05) is 0 Å². The molecular weight excluding hydrogens is 990 g/mol. The number of alkyl halides is 3. The molecule has 0 aliphatic carbocycles. The summed E-state index contributed by atoms with van der Waals surface area (Å²) in [5.41, 5.74) is -20.0. The smallest absolute Gasteiger partial charge is 1.00 e. The monoisotopic (exact) mass is 988 g/mol. The van der Waals surface area contributed by atoms with Gasteiger partial charge in [-0.05, 0) is 0 Å². The minimum absolute atomic E-state index is 0. The van der Waals surface area contributed by atoms with Gasteiger partial charge in [-0.3, -0.25) is 0 Å². The Kier molecular flexibility index (Phi) is 16.6. The largest absolute Gasteiger partial charge is 4.00 e. The van der Waals surface area contributed by atoms with Crippen LogP contribution in [0.4, 0.5) is 101 Å². The van der Waals surface area contributed by atoms with Crippen molar-refractivity contribution in [1.82, 2.24) is 0 Å². The maximum Gasteiger partial charge on any atom is 4.00 e. The predicted molar refractivity (Wildman–Crippen MR) is 125 cm³/mol. The van der Waals surface area contributed by atoms with Crippen molar-refractivity contribution in [2.75, 3.05) is 0 Å². The van der Waals surface area contributed by atoms with Crippen LogP contribution in [0.15, 0.2) is 0 Å². The summed E-state index contributed by atoms with van der Waals surface area (Å²) in [6.07, 6.45) is -7.22. The van der Waals surface area contributed by atoms with E-state index < -0.39 is 160 Å². The Morgan fingerprint density at radius 3 is 0.500 bits per heavy atom. The Morgan fingerprint density at radius 2 is 0.411 bits per heavy atom. The molecule has 0 bridgehead atoms. The molecule has 0 amide bonds. The van der Waals surface area contributed by atoms with E-state index in [0.29, 0.717) is 0 Å². The molecule has 0 heterocycles. The molecule has 0 aromatic heterocycles. The summed E-state index contributed by atoms with van der Waals surface area (Å²) in [7, 11) is -6.09. The Hall–Kier alpha value is -3.29. The van der Waals surface area contributed by atoms with Gasteiger partial charge in [-0.25, -0.2) is 96.2 Å². The zero-order chi connectivity index (χ0) is 41.4. The summed E-state index contributed by atoms with van der Waals surface area (Å²) in [5, 5.41) is 0. The van der Waals surface area contributed by atoms with Gasteiger partial charge in [0.1, 0.15) is 52.7 Å². The first-order valence-electron chi connectivity index (χ1n) is 12.2. The molecule has 0 saturated carbocycles. The van der Waals surface area contributed by atoms with E-state index in [2.05, 4.69) is 0 Å². The molecule has 4 aromatic carbocycles. The summed E-state index contributed by atoms with van der Waals surface area (Å²) in [6, 6.07) is 0. The average molecular weight is 990 g/mol. The molecule has 56 heavy (non-hydrogen) atoms. The van der Waals surface area contributed by atoms with Gasteiger partial charge in [-0.2, -0.15) is 13.2 Å². The molecule has 0 radical (unpaired) electrons. The van der Waals surface area contributed by atoms with Gasteiger partial charge in [0.15, 0.2) is 79.9 Å². The molecule has 306 valence electrons. The summed E-state index contributed by atoms with van der Waals surface area (Å²) in [5.74, 6) is -71.4. The van der Waals surface area contributed by atoms with Gasteiger partial charge in [-0.1, -0.05) is 0 Å². The zero-order valence-electron chi connectivity index (χ0n) is 24.7. The van der Waals surface area contributed by atoms with Crippen molar-refractivity contribution in [3.8, 4) is 0 Å². The second-order valence-corrected chi connectivity index (χ2v) is 11.1. The molecule has 0 spiro atoms. The Balaban J connectivity index is 0.00000248. The molecule has 0 atom stereocenters. The maximum atomic E-state index is 15.4. The standard InChI is InChI=1S/C24BF20.CHF3O3S.2ClH.Zr/c26-5-1(6(27)14(35)21(42)13(5)34)25(2-7(28)15(36)22(43)16(37)8(2)29,3-9(30)17(38)23(44)18(39)10(3)31)4-11(32)19(40)24(45)20(41)12(4)33;2-1(3,4)8(5,6)7;;;/h;(H,5,6,7);2*1H;/q-1;;;;+4/p-3. The molecule has 4 rings (SSSR count). The van der Waals surface area contributed by atoms with E-state index in [4.69, 9.17) is 13.0 Å². The van der Waals surface area contributed by atoms with Crippen molar-refractivity contribution in [3.63, 3.8) is 0 Å². The van der Waals surface area contributed by atoms with E-state index in [1.54, 1.807) is 0 Å². The van der Waals surface area contributed by atoms with Crippen molar-refractivity contribution in [2.24, 2.45) is 0 Å². The van der Waals surface area contributed by atoms with Crippen LogP contribution in [-0.2, 0) is 36.3 Å². The van der Waals surface area contributed by atoms with Gasteiger partial charge >= 0.3 is 31.7 Å². The molecule has 0 aliphatic rings. The Labute approximate surface area is 324 Å². The molecular formula is C25BCl2F23O3SZr. The van der Waals surface area contributed by atoms with Crippen LogP contribution >= 0.6 is 0 Å². The van der Waals surface area contributed by atoms with Gasteiger partial charge in [0.25, 0.3) is 0 Å². The number of halogens is 25. The van der Waals surface area contributed by atoms with E-state index in [1.807, 2.05) is 0 Å². The van der Waals surface area contributed by atoms with Crippen molar-refractivity contribution < 1.29 is 165 Å². The second kappa shape index (κ2) is 17.7. The van der Waals surface area contributed by atoms with Crippen LogP contribution in [0.3, 0.4) is 0 Å². The van der Waals surface area contributed by atoms with Crippen molar-refractivity contribution >= 4 is 38.1 Å². The van der Waals surface area contributed by atoms with Crippen LogP contribution < -0.4 is 46.7 Å². The van der Waals surface area contributed by atoms with Gasteiger partial charge in [-0.15, -0.1) is 21.9 Å². The molecule has 0 unspecified atom stereocenters. The fourth-order valence-corrected chi connectivity index (χ4v) is 4.87. The predicted octanol–water partition coefficient (Wildman–Crippen LogP) is -0.0971. The molecule has 0 fully saturated rings. The van der Waals surface area contributed by atoms with E-state index >= 15 is 35.1 Å². The molecule has 0 saturated heterocycles. The molecule has 4 aromatic rings. The molecule has 0 aliphatic heterocycles. The van der Waals surface area contributed by atoms with Crippen LogP contribution in [0.2, 0.25) is 0 Å². The second-order valence-electron chi connectivity index (χ2n) is 9.70. The van der Waals surface area contributed by atoms with Crippen molar-refractivity contribution in [1.29, 1.82) is 0 Å². The fourth-order valence-electron chi connectivity index (χ4n) is 4.87. The first kappa shape index (κ1) is 52.7. The fraction of sp³-hybridized carbons (Fsp3) is 0.0400. The number of hydrogen-bond acceptors (Lipinski definition) is 3. The number of rotatable bonds is 4. The number of benzene rings is 4. The first-order valence-corrected chi connectivity index (χ1v) is 13.6. The van der Waals surface area contributed by atoms with E-state index in [-0.39, 0.29) is 51.0 Å². The molecule has 3 nitrogen and oxygen atoms in total. The quantitative estimate of drug-likeness (QED) is 0.0719. The van der Waals surface area contributed by atoms with Crippen LogP contribution in [0.25, 0.3) is 0 Å². The summed E-state index contributed by atoms with van der Waals surface area (Å²) < 4.78 is 353. The van der Waals surface area contributed by atoms with E-state index in [0.717, 1.165) is 0 Å². The number of hydrogen-bond donors (Lipinski definition) is 0. The third-order valence-corrected chi connectivity index (χ3v) is 7.56. The Morgan fingerprint density at radius 1 is 0.321 bits per heavy atom. The van der Waals surface area contributed by atoms with Gasteiger partial charge in [0.2, 0.25) is 0 Å². The van der Waals surface area contributed by atoms with Crippen LogP contribution in [0.5, 0.6) is 0 Å². The van der Waals surface area contributed by atoms with Crippen LogP contribution in [0.1, 0.15) is 0 Å². The summed E-state index contributed by atoms with van der Waals surface area (Å²) in [6.45, 7) is 0.